The highest BCUT2D eigenvalue weighted by Gasteiger charge is 2.54. The van der Waals surface area contributed by atoms with E-state index in [-0.39, 0.29) is 12.2 Å². The topological polar surface area (TPSA) is 130 Å². The van der Waals surface area contributed by atoms with Crippen LogP contribution in [0, 0.1) is 0 Å². The molecule has 2 N–H and O–H groups in total. The molecule has 2 aromatic rings. The lowest BCUT2D eigenvalue weighted by Gasteiger charge is -2.48. The molecule has 0 spiro atoms. The predicted molar refractivity (Wildman–Crippen MR) is 108 cm³/mol. The molecule has 10 nitrogen and oxygen atoms in total. The molecule has 2 saturated heterocycles. The van der Waals surface area contributed by atoms with Crippen molar-refractivity contribution >= 4 is 13.8 Å². The van der Waals surface area contributed by atoms with E-state index in [0.717, 1.165) is 5.56 Å². The summed E-state index contributed by atoms with van der Waals surface area (Å²) in [6, 6.07) is 17.3. The maximum atomic E-state index is 12.8. The van der Waals surface area contributed by atoms with Crippen molar-refractivity contribution in [2.24, 2.45) is 0 Å². The van der Waals surface area contributed by atoms with Crippen LogP contribution in [0.15, 0.2) is 60.7 Å². The fourth-order valence-electron chi connectivity index (χ4n) is 3.69. The highest BCUT2D eigenvalue weighted by atomic mass is 31.2. The molecule has 11 heteroatoms. The van der Waals surface area contributed by atoms with Crippen molar-refractivity contribution in [2.45, 2.75) is 37.0 Å². The van der Waals surface area contributed by atoms with Gasteiger partial charge in [-0.15, -0.1) is 0 Å². The largest absolute Gasteiger partial charge is 0.470 e. The highest BCUT2D eigenvalue weighted by molar-refractivity contribution is 7.46. The molecular weight excluding hydrogens is 443 g/mol. The van der Waals surface area contributed by atoms with Crippen LogP contribution in [-0.2, 0) is 32.8 Å². The van der Waals surface area contributed by atoms with Crippen LogP contribution in [-0.4, -0.2) is 60.2 Å². The summed E-state index contributed by atoms with van der Waals surface area (Å²) in [5.41, 5.74) is 0.978. The van der Waals surface area contributed by atoms with Gasteiger partial charge in [-0.1, -0.05) is 48.5 Å². The number of carbonyl (C=O) groups is 1. The molecule has 2 aromatic carbocycles. The van der Waals surface area contributed by atoms with Gasteiger partial charge in [-0.3, -0.25) is 4.52 Å². The Balaban J connectivity index is 1.65. The van der Waals surface area contributed by atoms with E-state index in [1.165, 1.54) is 7.11 Å². The molecule has 172 valence electrons. The molecule has 0 amide bonds. The van der Waals surface area contributed by atoms with Gasteiger partial charge in [-0.2, -0.15) is 0 Å². The number of phosphoric acid groups is 1. The number of hydrogen-bond donors (Lipinski definition) is 2. The van der Waals surface area contributed by atoms with Gasteiger partial charge in [0.15, 0.2) is 24.8 Å². The average Bonchev–Trinajstić information content (AvgIpc) is 2.80. The van der Waals surface area contributed by atoms with E-state index >= 15 is 0 Å². The van der Waals surface area contributed by atoms with Gasteiger partial charge in [-0.25, -0.2) is 9.36 Å². The van der Waals surface area contributed by atoms with Crippen LogP contribution >= 0.6 is 7.82 Å². The first-order valence-electron chi connectivity index (χ1n) is 9.86. The van der Waals surface area contributed by atoms with Crippen molar-refractivity contribution in [1.29, 1.82) is 0 Å². The molecule has 6 atom stereocenters. The van der Waals surface area contributed by atoms with Crippen LogP contribution in [0.1, 0.15) is 22.2 Å². The van der Waals surface area contributed by atoms with Crippen molar-refractivity contribution in [3.05, 3.63) is 71.8 Å². The Labute approximate surface area is 184 Å². The Morgan fingerprint density at radius 2 is 1.66 bits per heavy atom. The van der Waals surface area contributed by atoms with Gasteiger partial charge < -0.3 is 33.5 Å². The Morgan fingerprint density at radius 3 is 2.28 bits per heavy atom. The number of hydrogen-bond acceptors (Lipinski definition) is 8. The standard InChI is InChI=1S/C21H23O10P/c1-26-21-18(31-32(23,24)25)17(29-19(22)13-8-4-2-5-9-13)16-15(28-21)12-27-20(30-16)14-10-6-3-7-11-14/h2-11,15-18,20-21H,12H2,1H3,(H2,23,24,25)/t15-,16+,17+,18-,20?,21-/m1/s1. The minimum absolute atomic E-state index is 0.0755. The maximum absolute atomic E-state index is 12.8. The van der Waals surface area contributed by atoms with E-state index < -0.39 is 50.8 Å². The summed E-state index contributed by atoms with van der Waals surface area (Å²) >= 11 is 0. The lowest BCUT2D eigenvalue weighted by atomic mass is 9.97. The Kier molecular flexibility index (Phi) is 7.04. The quantitative estimate of drug-likeness (QED) is 0.483. The van der Waals surface area contributed by atoms with Crippen LogP contribution in [0.4, 0.5) is 0 Å². The minimum Gasteiger partial charge on any atom is -0.453 e. The molecule has 0 saturated carbocycles. The minimum atomic E-state index is -5.00. The Bertz CT molecular complexity index is 950. The zero-order valence-electron chi connectivity index (χ0n) is 17.1. The Hall–Kier alpha value is -2.14. The maximum Gasteiger partial charge on any atom is 0.470 e. The molecule has 1 unspecified atom stereocenters. The normalized spacial score (nSPS) is 30.3. The summed E-state index contributed by atoms with van der Waals surface area (Å²) in [7, 11) is -3.71. The second-order valence-corrected chi connectivity index (χ2v) is 8.44. The predicted octanol–water partition coefficient (Wildman–Crippen LogP) is 2.18. The highest BCUT2D eigenvalue weighted by Crippen LogP contribution is 2.44. The SMILES string of the molecule is CO[C@@H]1O[C@@H]2COC(c3ccccc3)O[C@@H]2[C@H](OC(=O)c2ccccc2)[C@H]1OP(=O)(O)O. The number of rotatable bonds is 6. The van der Waals surface area contributed by atoms with Crippen molar-refractivity contribution in [3.63, 3.8) is 0 Å². The number of fused-ring (bicyclic) bond motifs is 1. The third kappa shape index (κ3) is 5.25. The van der Waals surface area contributed by atoms with Gasteiger partial charge in [0.25, 0.3) is 0 Å². The Morgan fingerprint density at radius 1 is 1.00 bits per heavy atom. The van der Waals surface area contributed by atoms with Crippen LogP contribution in [0.5, 0.6) is 0 Å². The summed E-state index contributed by atoms with van der Waals surface area (Å²) in [5.74, 6) is -0.711. The monoisotopic (exact) mass is 466 g/mol. The van der Waals surface area contributed by atoms with Crippen LogP contribution in [0.25, 0.3) is 0 Å². The fourth-order valence-corrected chi connectivity index (χ4v) is 4.22. The third-order valence-corrected chi connectivity index (χ3v) is 5.62. The molecule has 2 aliphatic heterocycles. The first-order chi connectivity index (χ1) is 15.4. The molecule has 2 aliphatic rings. The van der Waals surface area contributed by atoms with Crippen LogP contribution in [0.3, 0.4) is 0 Å². The van der Waals surface area contributed by atoms with E-state index in [0.29, 0.717) is 0 Å². The van der Waals surface area contributed by atoms with E-state index in [4.69, 9.17) is 28.2 Å². The van der Waals surface area contributed by atoms with E-state index in [9.17, 15) is 19.1 Å². The second kappa shape index (κ2) is 9.78. The van der Waals surface area contributed by atoms with Gasteiger partial charge in [0.05, 0.1) is 12.2 Å². The third-order valence-electron chi connectivity index (χ3n) is 5.10. The van der Waals surface area contributed by atoms with Gasteiger partial charge in [0.2, 0.25) is 0 Å². The summed E-state index contributed by atoms with van der Waals surface area (Å²) in [5, 5.41) is 0. The van der Waals surface area contributed by atoms with Crippen molar-refractivity contribution in [3.8, 4) is 0 Å². The molecule has 32 heavy (non-hydrogen) atoms. The summed E-state index contributed by atoms with van der Waals surface area (Å²) in [6.07, 6.45) is -6.42. The van der Waals surface area contributed by atoms with Crippen molar-refractivity contribution in [1.82, 2.24) is 0 Å². The smallest absolute Gasteiger partial charge is 0.453 e. The molecule has 0 aromatic heterocycles. The van der Waals surface area contributed by atoms with Gasteiger partial charge >= 0.3 is 13.8 Å². The molecule has 2 heterocycles. The lowest BCUT2D eigenvalue weighted by molar-refractivity contribution is -0.355. The summed E-state index contributed by atoms with van der Waals surface area (Å²) in [6.45, 7) is 0.0755. The van der Waals surface area contributed by atoms with E-state index in [1.807, 2.05) is 18.2 Å². The molecule has 4 rings (SSSR count). The first-order valence-corrected chi connectivity index (χ1v) is 11.4. The lowest BCUT2D eigenvalue weighted by Crippen LogP contribution is -2.63. The van der Waals surface area contributed by atoms with Gasteiger partial charge in [-0.05, 0) is 12.1 Å². The zero-order chi connectivity index (χ0) is 22.7. The number of phosphoric ester groups is 1. The average molecular weight is 466 g/mol. The fraction of sp³-hybridized carbons (Fsp3) is 0.381. The molecular formula is C21H23O10P. The molecule has 0 aliphatic carbocycles. The van der Waals surface area contributed by atoms with E-state index in [2.05, 4.69) is 0 Å². The number of ether oxygens (including phenoxy) is 5. The number of benzene rings is 2. The zero-order valence-corrected chi connectivity index (χ0v) is 17.9. The van der Waals surface area contributed by atoms with Crippen molar-refractivity contribution in [2.75, 3.05) is 13.7 Å². The number of methoxy groups -OCH3 is 1. The van der Waals surface area contributed by atoms with E-state index in [1.54, 1.807) is 42.5 Å². The summed E-state index contributed by atoms with van der Waals surface area (Å²) < 4.78 is 45.1. The first kappa shape index (κ1) is 23.0. The molecule has 0 bridgehead atoms. The number of esters is 1. The van der Waals surface area contributed by atoms with Gasteiger partial charge in [0, 0.05) is 12.7 Å². The summed E-state index contributed by atoms with van der Waals surface area (Å²) in [4.78, 5) is 31.7. The molecule has 0 radical (unpaired) electrons. The van der Waals surface area contributed by atoms with Crippen LogP contribution < -0.4 is 0 Å². The van der Waals surface area contributed by atoms with Gasteiger partial charge in [0.1, 0.15) is 12.2 Å². The van der Waals surface area contributed by atoms with Crippen molar-refractivity contribution < 1.29 is 47.4 Å². The number of carbonyl (C=O) groups excluding carboxylic acids is 1. The molecule has 2 fully saturated rings. The van der Waals surface area contributed by atoms with Crippen LogP contribution in [0.2, 0.25) is 0 Å². The second-order valence-electron chi connectivity index (χ2n) is 7.25.